The molecule has 0 radical (unpaired) electrons. The smallest absolute Gasteiger partial charge is 0.174 e. The van der Waals surface area contributed by atoms with Crippen LogP contribution in [0.3, 0.4) is 0 Å². The minimum absolute atomic E-state index is 0.116. The Labute approximate surface area is 180 Å². The normalized spacial score (nSPS) is 23.7. The number of nitrogens with zero attached hydrogens (tertiary/aromatic N) is 3. The van der Waals surface area contributed by atoms with Crippen molar-refractivity contribution >= 4 is 23.0 Å². The molecule has 0 saturated carbocycles. The number of benzene rings is 1. The highest BCUT2D eigenvalue weighted by molar-refractivity contribution is 7.80. The quantitative estimate of drug-likeness (QED) is 0.618. The van der Waals surface area contributed by atoms with Crippen molar-refractivity contribution in [3.8, 4) is 0 Å². The molecule has 5 rings (SSSR count). The van der Waals surface area contributed by atoms with Crippen molar-refractivity contribution < 1.29 is 9.13 Å². The summed E-state index contributed by atoms with van der Waals surface area (Å²) in [5.41, 5.74) is 2.89. The molecule has 2 saturated heterocycles. The molecule has 0 spiro atoms. The fraction of sp³-hybridized carbons (Fsp3) is 0.304. The molecule has 7 heteroatoms. The van der Waals surface area contributed by atoms with Crippen LogP contribution >= 0.6 is 12.2 Å². The van der Waals surface area contributed by atoms with Crippen LogP contribution < -0.4 is 10.2 Å². The average Bonchev–Trinajstić information content (AvgIpc) is 3.50. The Hall–Kier alpha value is -2.77. The number of rotatable bonds is 5. The lowest BCUT2D eigenvalue weighted by Gasteiger charge is -2.29. The summed E-state index contributed by atoms with van der Waals surface area (Å²) in [4.78, 5) is 6.65. The zero-order valence-corrected chi connectivity index (χ0v) is 17.3. The number of aromatic nitrogens is 2. The van der Waals surface area contributed by atoms with Crippen LogP contribution in [0.4, 0.5) is 10.1 Å². The Morgan fingerprint density at radius 1 is 1.13 bits per heavy atom. The number of hydrogen-bond donors (Lipinski definition) is 1. The standard InChI is InChI=1S/C23H23FN4OS/c24-16-8-10-17(11-9-16)28-22(21(26-23(28)30)19-6-1-2-12-25-19)20-7-3-13-27(20)15-18-5-4-14-29-18/h1-3,6-13,18,21-22H,4-5,14-15H2,(H,26,30). The van der Waals surface area contributed by atoms with Crippen LogP contribution in [0.1, 0.15) is 36.3 Å². The summed E-state index contributed by atoms with van der Waals surface area (Å²) < 4.78 is 21.7. The third-order valence-electron chi connectivity index (χ3n) is 5.79. The molecular weight excluding hydrogens is 399 g/mol. The summed E-state index contributed by atoms with van der Waals surface area (Å²) in [6.07, 6.45) is 6.30. The zero-order chi connectivity index (χ0) is 20.5. The first-order chi connectivity index (χ1) is 14.7. The van der Waals surface area contributed by atoms with E-state index in [2.05, 4.69) is 38.1 Å². The summed E-state index contributed by atoms with van der Waals surface area (Å²) in [5.74, 6) is -0.267. The van der Waals surface area contributed by atoms with Crippen LogP contribution in [0.15, 0.2) is 67.0 Å². The van der Waals surface area contributed by atoms with Gasteiger partial charge < -0.3 is 19.5 Å². The van der Waals surface area contributed by atoms with Crippen molar-refractivity contribution in [1.82, 2.24) is 14.9 Å². The van der Waals surface area contributed by atoms with Crippen LogP contribution in [0, 0.1) is 5.82 Å². The second kappa shape index (κ2) is 8.16. The maximum absolute atomic E-state index is 13.6. The number of ether oxygens (including phenoxy) is 1. The van der Waals surface area contributed by atoms with Crippen LogP contribution in [-0.4, -0.2) is 27.4 Å². The van der Waals surface area contributed by atoms with E-state index in [0.717, 1.165) is 43.1 Å². The summed E-state index contributed by atoms with van der Waals surface area (Å²) >= 11 is 5.73. The second-order valence-electron chi connectivity index (χ2n) is 7.69. The van der Waals surface area contributed by atoms with Crippen molar-refractivity contribution in [2.75, 3.05) is 11.5 Å². The monoisotopic (exact) mass is 422 g/mol. The Balaban J connectivity index is 1.57. The number of anilines is 1. The number of pyridine rings is 1. The summed E-state index contributed by atoms with van der Waals surface area (Å²) in [6, 6.07) is 16.3. The molecule has 5 nitrogen and oxygen atoms in total. The summed E-state index contributed by atoms with van der Waals surface area (Å²) in [6.45, 7) is 1.63. The van der Waals surface area contributed by atoms with Gasteiger partial charge in [0.15, 0.2) is 5.11 Å². The molecule has 0 aliphatic carbocycles. The molecule has 3 unspecified atom stereocenters. The van der Waals surface area contributed by atoms with Crippen LogP contribution in [0.5, 0.6) is 0 Å². The first-order valence-corrected chi connectivity index (χ1v) is 10.6. The van der Waals surface area contributed by atoms with Gasteiger partial charge in [0.2, 0.25) is 0 Å². The maximum Gasteiger partial charge on any atom is 0.174 e. The van der Waals surface area contributed by atoms with E-state index < -0.39 is 0 Å². The maximum atomic E-state index is 13.6. The average molecular weight is 423 g/mol. The van der Waals surface area contributed by atoms with Crippen LogP contribution in [-0.2, 0) is 11.3 Å². The van der Waals surface area contributed by atoms with Crippen molar-refractivity contribution in [2.45, 2.75) is 37.6 Å². The lowest BCUT2D eigenvalue weighted by Crippen LogP contribution is -2.31. The lowest BCUT2D eigenvalue weighted by molar-refractivity contribution is 0.0961. The third-order valence-corrected chi connectivity index (χ3v) is 6.11. The van der Waals surface area contributed by atoms with Gasteiger partial charge in [0.25, 0.3) is 0 Å². The van der Waals surface area contributed by atoms with Crippen LogP contribution in [0.2, 0.25) is 0 Å². The van der Waals surface area contributed by atoms with Gasteiger partial charge in [-0.2, -0.15) is 0 Å². The van der Waals surface area contributed by atoms with Gasteiger partial charge in [-0.25, -0.2) is 4.39 Å². The van der Waals surface area contributed by atoms with Gasteiger partial charge in [0, 0.05) is 36.9 Å². The molecule has 2 aliphatic rings. The van der Waals surface area contributed by atoms with E-state index in [9.17, 15) is 4.39 Å². The number of hydrogen-bond acceptors (Lipinski definition) is 3. The highest BCUT2D eigenvalue weighted by atomic mass is 32.1. The van der Waals surface area contributed by atoms with Gasteiger partial charge >= 0.3 is 0 Å². The van der Waals surface area contributed by atoms with Crippen molar-refractivity contribution in [2.24, 2.45) is 0 Å². The largest absolute Gasteiger partial charge is 0.376 e. The fourth-order valence-corrected chi connectivity index (χ4v) is 4.75. The molecule has 154 valence electrons. The van der Waals surface area contributed by atoms with Gasteiger partial charge in [-0.1, -0.05) is 6.07 Å². The van der Waals surface area contributed by atoms with Gasteiger partial charge in [-0.15, -0.1) is 0 Å². The molecule has 30 heavy (non-hydrogen) atoms. The van der Waals surface area contributed by atoms with E-state index in [4.69, 9.17) is 17.0 Å². The van der Waals surface area contributed by atoms with Crippen LogP contribution in [0.25, 0.3) is 0 Å². The van der Waals surface area contributed by atoms with E-state index in [1.807, 2.05) is 18.2 Å². The highest BCUT2D eigenvalue weighted by Gasteiger charge is 2.42. The van der Waals surface area contributed by atoms with Gasteiger partial charge in [-0.3, -0.25) is 4.98 Å². The number of halogens is 1. The van der Waals surface area contributed by atoms with Crippen molar-refractivity contribution in [3.05, 3.63) is 84.2 Å². The molecule has 2 fully saturated rings. The van der Waals surface area contributed by atoms with E-state index in [-0.39, 0.29) is 24.0 Å². The fourth-order valence-electron chi connectivity index (χ4n) is 4.40. The molecule has 1 N–H and O–H groups in total. The Morgan fingerprint density at radius 3 is 2.73 bits per heavy atom. The molecular formula is C23H23FN4OS. The Kier molecular flexibility index (Phi) is 5.23. The predicted molar refractivity (Wildman–Crippen MR) is 118 cm³/mol. The Bertz CT molecular complexity index is 1020. The van der Waals surface area contributed by atoms with E-state index in [1.54, 1.807) is 18.3 Å². The molecule has 2 aromatic heterocycles. The predicted octanol–water partition coefficient (Wildman–Crippen LogP) is 4.38. The van der Waals surface area contributed by atoms with E-state index >= 15 is 0 Å². The second-order valence-corrected chi connectivity index (χ2v) is 8.08. The molecule has 1 aromatic carbocycles. The SMILES string of the molecule is Fc1ccc(N2C(=S)NC(c3ccccn3)C2c2cccn2CC2CCCO2)cc1. The first-order valence-electron chi connectivity index (χ1n) is 10.2. The van der Waals surface area contributed by atoms with E-state index in [0.29, 0.717) is 5.11 Å². The molecule has 0 amide bonds. The molecule has 2 aliphatic heterocycles. The first kappa shape index (κ1) is 19.2. The van der Waals surface area contributed by atoms with E-state index in [1.165, 1.54) is 12.1 Å². The van der Waals surface area contributed by atoms with Crippen molar-refractivity contribution in [1.29, 1.82) is 0 Å². The summed E-state index contributed by atoms with van der Waals surface area (Å²) in [5, 5.41) is 4.05. The minimum Gasteiger partial charge on any atom is -0.376 e. The summed E-state index contributed by atoms with van der Waals surface area (Å²) in [7, 11) is 0. The van der Waals surface area contributed by atoms with Gasteiger partial charge in [-0.05, 0) is 73.6 Å². The van der Waals surface area contributed by atoms with Gasteiger partial charge in [0.05, 0.1) is 17.8 Å². The Morgan fingerprint density at radius 2 is 2.00 bits per heavy atom. The minimum atomic E-state index is -0.267. The number of nitrogens with one attached hydrogen (secondary N) is 1. The van der Waals surface area contributed by atoms with Crippen molar-refractivity contribution in [3.63, 3.8) is 0 Å². The number of thiocarbonyl (C=S) groups is 1. The zero-order valence-electron chi connectivity index (χ0n) is 16.4. The third kappa shape index (κ3) is 3.59. The topological polar surface area (TPSA) is 42.3 Å². The highest BCUT2D eigenvalue weighted by Crippen LogP contribution is 2.41. The van der Waals surface area contributed by atoms with Gasteiger partial charge in [0.1, 0.15) is 11.9 Å². The molecule has 0 bridgehead atoms. The molecule has 3 atom stereocenters. The molecule has 3 aromatic rings. The lowest BCUT2D eigenvalue weighted by atomic mass is 10.0. The molecule has 4 heterocycles.